The van der Waals surface area contributed by atoms with Gasteiger partial charge in [0.05, 0.1) is 15.8 Å². The van der Waals surface area contributed by atoms with E-state index in [4.69, 9.17) is 27.9 Å². The highest BCUT2D eigenvalue weighted by molar-refractivity contribution is 7.18. The lowest BCUT2D eigenvalue weighted by molar-refractivity contribution is 0.0416. The number of ketones is 1. The van der Waals surface area contributed by atoms with E-state index >= 15 is 0 Å². The van der Waals surface area contributed by atoms with Crippen LogP contribution in [0.25, 0.3) is 0 Å². The van der Waals surface area contributed by atoms with Crippen LogP contribution in [0.5, 0.6) is 0 Å². The molecular formula is C14H12Cl2O2S. The van der Waals surface area contributed by atoms with Crippen molar-refractivity contribution >= 4 is 40.3 Å². The lowest BCUT2D eigenvalue weighted by Gasteiger charge is -2.11. The van der Waals surface area contributed by atoms with E-state index in [0.29, 0.717) is 20.8 Å². The summed E-state index contributed by atoms with van der Waals surface area (Å²) in [6.07, 6.45) is -0.522. The number of ether oxygens (including phenoxy) is 1. The van der Waals surface area contributed by atoms with Crippen LogP contribution in [0.15, 0.2) is 36.4 Å². The van der Waals surface area contributed by atoms with Gasteiger partial charge in [0.1, 0.15) is 6.10 Å². The number of carbonyl (C=O) groups excluding carboxylic acids is 1. The Morgan fingerprint density at radius 3 is 2.63 bits per heavy atom. The zero-order valence-electron chi connectivity index (χ0n) is 10.2. The summed E-state index contributed by atoms with van der Waals surface area (Å²) < 4.78 is 6.16. The molecule has 0 aliphatic heterocycles. The van der Waals surface area contributed by atoms with E-state index in [1.165, 1.54) is 11.3 Å². The van der Waals surface area contributed by atoms with E-state index in [0.717, 1.165) is 5.56 Å². The Labute approximate surface area is 125 Å². The number of halogens is 2. The van der Waals surface area contributed by atoms with E-state index in [1.54, 1.807) is 25.1 Å². The van der Waals surface area contributed by atoms with Gasteiger partial charge in [-0.15, -0.1) is 11.3 Å². The van der Waals surface area contributed by atoms with Crippen molar-refractivity contribution in [1.29, 1.82) is 0 Å². The van der Waals surface area contributed by atoms with Crippen LogP contribution in [-0.4, -0.2) is 11.9 Å². The van der Waals surface area contributed by atoms with Gasteiger partial charge in [-0.05, 0) is 30.7 Å². The standard InChI is InChI=1S/C14H12Cl2O2S/c1-9(14(17)12-6-7-13(16)19-12)18-8-10-4-2-3-5-11(10)15/h2-7,9H,8H2,1H3. The topological polar surface area (TPSA) is 26.3 Å². The third kappa shape index (κ3) is 3.80. The fourth-order valence-corrected chi connectivity index (χ4v) is 2.80. The molecule has 2 nitrogen and oxygen atoms in total. The summed E-state index contributed by atoms with van der Waals surface area (Å²) in [7, 11) is 0. The van der Waals surface area contributed by atoms with Crippen molar-refractivity contribution in [3.63, 3.8) is 0 Å². The Kier molecular flexibility index (Phi) is 4.99. The SMILES string of the molecule is CC(OCc1ccccc1Cl)C(=O)c1ccc(Cl)s1. The summed E-state index contributed by atoms with van der Waals surface area (Å²) >= 11 is 13.1. The Morgan fingerprint density at radius 2 is 2.00 bits per heavy atom. The van der Waals surface area contributed by atoms with Gasteiger partial charge in [-0.3, -0.25) is 4.79 Å². The second-order valence-electron chi connectivity index (χ2n) is 4.01. The fraction of sp³-hybridized carbons (Fsp3) is 0.214. The average Bonchev–Trinajstić information content (AvgIpc) is 2.83. The first-order valence-electron chi connectivity index (χ1n) is 5.72. The summed E-state index contributed by atoms with van der Waals surface area (Å²) in [5.74, 6) is -0.0658. The number of benzene rings is 1. The van der Waals surface area contributed by atoms with E-state index in [-0.39, 0.29) is 5.78 Å². The number of thiophene rings is 1. The van der Waals surface area contributed by atoms with Gasteiger partial charge in [0.15, 0.2) is 0 Å². The van der Waals surface area contributed by atoms with Gasteiger partial charge < -0.3 is 4.74 Å². The molecule has 1 unspecified atom stereocenters. The maximum atomic E-state index is 12.1. The zero-order valence-corrected chi connectivity index (χ0v) is 12.6. The van der Waals surface area contributed by atoms with Gasteiger partial charge in [0.2, 0.25) is 5.78 Å². The molecule has 2 rings (SSSR count). The van der Waals surface area contributed by atoms with Crippen LogP contribution in [-0.2, 0) is 11.3 Å². The van der Waals surface area contributed by atoms with Crippen molar-refractivity contribution in [2.24, 2.45) is 0 Å². The first kappa shape index (κ1) is 14.5. The normalized spacial score (nSPS) is 12.4. The third-order valence-electron chi connectivity index (χ3n) is 2.63. The van der Waals surface area contributed by atoms with Crippen molar-refractivity contribution in [1.82, 2.24) is 0 Å². The van der Waals surface area contributed by atoms with Gasteiger partial charge in [-0.25, -0.2) is 0 Å². The molecule has 1 aromatic heterocycles. The molecule has 100 valence electrons. The first-order valence-corrected chi connectivity index (χ1v) is 7.29. The van der Waals surface area contributed by atoms with Gasteiger partial charge in [-0.1, -0.05) is 41.4 Å². The molecule has 0 saturated carbocycles. The zero-order chi connectivity index (χ0) is 13.8. The molecular weight excluding hydrogens is 303 g/mol. The summed E-state index contributed by atoms with van der Waals surface area (Å²) in [6.45, 7) is 2.04. The molecule has 0 radical (unpaired) electrons. The second kappa shape index (κ2) is 6.53. The lowest BCUT2D eigenvalue weighted by atomic mass is 10.2. The summed E-state index contributed by atoms with van der Waals surface area (Å²) in [6, 6.07) is 10.8. The number of hydrogen-bond donors (Lipinski definition) is 0. The van der Waals surface area contributed by atoms with Gasteiger partial charge >= 0.3 is 0 Å². The molecule has 1 heterocycles. The summed E-state index contributed by atoms with van der Waals surface area (Å²) in [5, 5.41) is 0.640. The lowest BCUT2D eigenvalue weighted by Crippen LogP contribution is -2.19. The predicted octanol–water partition coefficient (Wildman–Crippen LogP) is 4.84. The molecule has 5 heteroatoms. The number of Topliss-reactive ketones (excluding diaryl/α,β-unsaturated/α-hetero) is 1. The quantitative estimate of drug-likeness (QED) is 0.738. The first-order chi connectivity index (χ1) is 9.08. The van der Waals surface area contributed by atoms with E-state index in [9.17, 15) is 4.79 Å². The maximum Gasteiger partial charge on any atom is 0.201 e. The molecule has 0 aliphatic rings. The van der Waals surface area contributed by atoms with Crippen molar-refractivity contribution in [2.75, 3.05) is 0 Å². The van der Waals surface area contributed by atoms with Crippen molar-refractivity contribution < 1.29 is 9.53 Å². The molecule has 0 aliphatic carbocycles. The average molecular weight is 315 g/mol. The van der Waals surface area contributed by atoms with Gasteiger partial charge in [0, 0.05) is 5.02 Å². The van der Waals surface area contributed by atoms with Crippen molar-refractivity contribution in [2.45, 2.75) is 19.6 Å². The molecule has 19 heavy (non-hydrogen) atoms. The van der Waals surface area contributed by atoms with Gasteiger partial charge in [0.25, 0.3) is 0 Å². The van der Waals surface area contributed by atoms with Crippen LogP contribution in [0.2, 0.25) is 9.36 Å². The van der Waals surface area contributed by atoms with E-state index in [1.807, 2.05) is 18.2 Å². The second-order valence-corrected chi connectivity index (χ2v) is 6.13. The van der Waals surface area contributed by atoms with Crippen LogP contribution in [0, 0.1) is 0 Å². The Bertz CT molecular complexity index is 580. The van der Waals surface area contributed by atoms with E-state index in [2.05, 4.69) is 0 Å². The molecule has 1 atom stereocenters. The molecule has 2 aromatic rings. The minimum Gasteiger partial charge on any atom is -0.366 e. The Morgan fingerprint density at radius 1 is 1.26 bits per heavy atom. The highest BCUT2D eigenvalue weighted by atomic mass is 35.5. The largest absolute Gasteiger partial charge is 0.366 e. The highest BCUT2D eigenvalue weighted by Gasteiger charge is 2.18. The van der Waals surface area contributed by atoms with Crippen molar-refractivity contribution in [3.05, 3.63) is 56.2 Å². The van der Waals surface area contributed by atoms with Crippen LogP contribution >= 0.6 is 34.5 Å². The number of carbonyl (C=O) groups is 1. The summed E-state index contributed by atoms with van der Waals surface area (Å²) in [5.41, 5.74) is 0.869. The Hall–Kier alpha value is -0.870. The van der Waals surface area contributed by atoms with Crippen LogP contribution in [0.3, 0.4) is 0 Å². The molecule has 0 spiro atoms. The van der Waals surface area contributed by atoms with Gasteiger partial charge in [-0.2, -0.15) is 0 Å². The highest BCUT2D eigenvalue weighted by Crippen LogP contribution is 2.24. The van der Waals surface area contributed by atoms with Crippen LogP contribution in [0.1, 0.15) is 22.2 Å². The van der Waals surface area contributed by atoms with E-state index < -0.39 is 6.10 Å². The Balaban J connectivity index is 1.96. The monoisotopic (exact) mass is 314 g/mol. The minimum absolute atomic E-state index is 0.0658. The number of hydrogen-bond acceptors (Lipinski definition) is 3. The summed E-state index contributed by atoms with van der Waals surface area (Å²) in [4.78, 5) is 12.7. The maximum absolute atomic E-state index is 12.1. The third-order valence-corrected chi connectivity index (χ3v) is 4.25. The molecule has 0 amide bonds. The smallest absolute Gasteiger partial charge is 0.201 e. The molecule has 0 N–H and O–H groups in total. The fourth-order valence-electron chi connectivity index (χ4n) is 1.55. The minimum atomic E-state index is -0.522. The van der Waals surface area contributed by atoms with Crippen LogP contribution < -0.4 is 0 Å². The molecule has 0 fully saturated rings. The predicted molar refractivity (Wildman–Crippen MR) is 79.4 cm³/mol. The number of rotatable bonds is 5. The molecule has 0 saturated heterocycles. The van der Waals surface area contributed by atoms with Crippen molar-refractivity contribution in [3.8, 4) is 0 Å². The van der Waals surface area contributed by atoms with Crippen LogP contribution in [0.4, 0.5) is 0 Å². The molecule has 1 aromatic carbocycles. The molecule has 0 bridgehead atoms.